The molecule has 0 radical (unpaired) electrons. The fourth-order valence-electron chi connectivity index (χ4n) is 1.52. The molecule has 0 bridgehead atoms. The molecule has 5 N–H and O–H groups in total. The zero-order valence-electron chi connectivity index (χ0n) is 7.37. The molecule has 2 unspecified atom stereocenters. The Balaban J connectivity index is 2.25. The van der Waals surface area contributed by atoms with Crippen LogP contribution < -0.4 is 11.5 Å². The maximum atomic E-state index is 9.41. The molecule has 0 heterocycles. The van der Waals surface area contributed by atoms with Gasteiger partial charge < -0.3 is 16.6 Å². The molecule has 1 aliphatic rings. The lowest BCUT2D eigenvalue weighted by atomic mass is 9.80. The summed E-state index contributed by atoms with van der Waals surface area (Å²) in [5.41, 5.74) is 11.4. The first-order chi connectivity index (χ1) is 5.61. The van der Waals surface area contributed by atoms with Crippen molar-refractivity contribution in [3.8, 4) is 0 Å². The molecule has 3 nitrogen and oxygen atoms in total. The first-order valence-electron chi connectivity index (χ1n) is 4.49. The molecule has 0 aliphatic heterocycles. The highest BCUT2D eigenvalue weighted by Gasteiger charge is 2.24. The summed E-state index contributed by atoms with van der Waals surface area (Å²) in [6.07, 6.45) is 3.94. The molecule has 1 fully saturated rings. The Kier molecular flexibility index (Phi) is 3.12. The van der Waals surface area contributed by atoms with E-state index < -0.39 is 6.10 Å². The molecule has 1 saturated carbocycles. The van der Waals surface area contributed by atoms with Gasteiger partial charge in [0.25, 0.3) is 0 Å². The summed E-state index contributed by atoms with van der Waals surface area (Å²) in [5.74, 6) is 0.703. The predicted molar refractivity (Wildman–Crippen MR) is 49.3 cm³/mol. The van der Waals surface area contributed by atoms with Crippen LogP contribution in [0, 0.1) is 5.92 Å². The van der Waals surface area contributed by atoms with E-state index in [1.807, 2.05) is 0 Å². The Morgan fingerprint density at radius 3 is 2.50 bits per heavy atom. The summed E-state index contributed by atoms with van der Waals surface area (Å²) in [5, 5.41) is 9.41. The Morgan fingerprint density at radius 2 is 2.17 bits per heavy atom. The van der Waals surface area contributed by atoms with Gasteiger partial charge in [-0.15, -0.1) is 0 Å². The minimum atomic E-state index is -0.731. The smallest absolute Gasteiger partial charge is 0.108 e. The lowest BCUT2D eigenvalue weighted by Crippen LogP contribution is -2.40. The molecule has 3 heteroatoms. The lowest BCUT2D eigenvalue weighted by molar-refractivity contribution is 0.148. The molecule has 1 rings (SSSR count). The van der Waals surface area contributed by atoms with E-state index in [0.717, 1.165) is 6.42 Å². The van der Waals surface area contributed by atoms with Crippen LogP contribution in [0.4, 0.5) is 0 Å². The van der Waals surface area contributed by atoms with E-state index in [-0.39, 0.29) is 11.7 Å². The SMILES string of the molecule is C=C(N)C(O)C(N)CC1CCC1. The third-order valence-corrected chi connectivity index (χ3v) is 2.62. The zero-order chi connectivity index (χ0) is 9.14. The molecule has 0 amide bonds. The van der Waals surface area contributed by atoms with Gasteiger partial charge >= 0.3 is 0 Å². The van der Waals surface area contributed by atoms with E-state index in [2.05, 4.69) is 6.58 Å². The number of hydrogen-bond acceptors (Lipinski definition) is 3. The maximum Gasteiger partial charge on any atom is 0.108 e. The number of hydrogen-bond donors (Lipinski definition) is 3. The van der Waals surface area contributed by atoms with Gasteiger partial charge in [-0.1, -0.05) is 25.8 Å². The molecule has 0 aromatic carbocycles. The van der Waals surface area contributed by atoms with Crippen LogP contribution in [0.3, 0.4) is 0 Å². The average Bonchev–Trinajstić information content (AvgIpc) is 1.94. The van der Waals surface area contributed by atoms with Gasteiger partial charge in [0.15, 0.2) is 0 Å². The van der Waals surface area contributed by atoms with E-state index >= 15 is 0 Å². The standard InChI is InChI=1S/C9H18N2O/c1-6(10)9(12)8(11)5-7-3-2-4-7/h7-9,12H,1-5,10-11H2. The maximum absolute atomic E-state index is 9.41. The first-order valence-corrected chi connectivity index (χ1v) is 4.49. The summed E-state index contributed by atoms with van der Waals surface area (Å²) >= 11 is 0. The van der Waals surface area contributed by atoms with Crippen molar-refractivity contribution in [2.24, 2.45) is 17.4 Å². The van der Waals surface area contributed by atoms with Gasteiger partial charge in [-0.3, -0.25) is 0 Å². The molecule has 2 atom stereocenters. The minimum Gasteiger partial charge on any atom is -0.400 e. The van der Waals surface area contributed by atoms with Crippen molar-refractivity contribution in [3.63, 3.8) is 0 Å². The monoisotopic (exact) mass is 170 g/mol. The van der Waals surface area contributed by atoms with Crippen LogP contribution in [0.2, 0.25) is 0 Å². The summed E-state index contributed by atoms with van der Waals surface area (Å²) in [7, 11) is 0. The van der Waals surface area contributed by atoms with E-state index in [4.69, 9.17) is 11.5 Å². The van der Waals surface area contributed by atoms with Gasteiger partial charge in [0, 0.05) is 11.7 Å². The van der Waals surface area contributed by atoms with Crippen molar-refractivity contribution in [3.05, 3.63) is 12.3 Å². The number of aliphatic hydroxyl groups excluding tert-OH is 1. The molecule has 1 aliphatic carbocycles. The van der Waals surface area contributed by atoms with Gasteiger partial charge in [0.05, 0.1) is 0 Å². The highest BCUT2D eigenvalue weighted by atomic mass is 16.3. The minimum absolute atomic E-state index is 0.229. The Bertz CT molecular complexity index is 166. The van der Waals surface area contributed by atoms with Crippen LogP contribution in [0.5, 0.6) is 0 Å². The largest absolute Gasteiger partial charge is 0.400 e. The van der Waals surface area contributed by atoms with Crippen LogP contribution >= 0.6 is 0 Å². The normalized spacial score (nSPS) is 22.8. The van der Waals surface area contributed by atoms with Crippen molar-refractivity contribution in [2.45, 2.75) is 37.8 Å². The lowest BCUT2D eigenvalue weighted by Gasteiger charge is -2.29. The second-order valence-electron chi connectivity index (χ2n) is 3.72. The fourth-order valence-corrected chi connectivity index (χ4v) is 1.52. The first kappa shape index (κ1) is 9.55. The van der Waals surface area contributed by atoms with E-state index in [1.54, 1.807) is 0 Å². The number of aliphatic hydroxyl groups is 1. The Hall–Kier alpha value is -0.540. The predicted octanol–water partition coefficient (Wildman–Crippen LogP) is 0.337. The van der Waals surface area contributed by atoms with Gasteiger partial charge in [0.1, 0.15) is 6.10 Å². The number of nitrogens with two attached hydrogens (primary N) is 2. The van der Waals surface area contributed by atoms with E-state index in [0.29, 0.717) is 5.92 Å². The second kappa shape index (κ2) is 3.92. The Labute approximate surface area is 73.4 Å². The fraction of sp³-hybridized carbons (Fsp3) is 0.778. The van der Waals surface area contributed by atoms with Crippen molar-refractivity contribution < 1.29 is 5.11 Å². The van der Waals surface area contributed by atoms with Crippen molar-refractivity contribution in [2.75, 3.05) is 0 Å². The molecular weight excluding hydrogens is 152 g/mol. The molecule has 70 valence electrons. The molecule has 12 heavy (non-hydrogen) atoms. The Morgan fingerprint density at radius 1 is 1.58 bits per heavy atom. The molecule has 0 aromatic heterocycles. The highest BCUT2D eigenvalue weighted by Crippen LogP contribution is 2.30. The van der Waals surface area contributed by atoms with Gasteiger partial charge in [0.2, 0.25) is 0 Å². The van der Waals surface area contributed by atoms with Gasteiger partial charge in [-0.25, -0.2) is 0 Å². The molecule has 0 saturated heterocycles. The molecule has 0 spiro atoms. The molecule has 0 aromatic rings. The topological polar surface area (TPSA) is 72.3 Å². The van der Waals surface area contributed by atoms with Crippen LogP contribution in [-0.2, 0) is 0 Å². The summed E-state index contributed by atoms with van der Waals surface area (Å²) in [6.45, 7) is 3.48. The average molecular weight is 170 g/mol. The van der Waals surface area contributed by atoms with Crippen LogP contribution in [0.15, 0.2) is 12.3 Å². The summed E-state index contributed by atoms with van der Waals surface area (Å²) in [6, 6.07) is -0.229. The van der Waals surface area contributed by atoms with E-state index in [1.165, 1.54) is 19.3 Å². The summed E-state index contributed by atoms with van der Waals surface area (Å²) in [4.78, 5) is 0. The molecular formula is C9H18N2O. The third kappa shape index (κ3) is 2.22. The zero-order valence-corrected chi connectivity index (χ0v) is 7.37. The summed E-state index contributed by atoms with van der Waals surface area (Å²) < 4.78 is 0. The number of rotatable bonds is 4. The quantitative estimate of drug-likeness (QED) is 0.569. The third-order valence-electron chi connectivity index (χ3n) is 2.62. The van der Waals surface area contributed by atoms with Crippen molar-refractivity contribution >= 4 is 0 Å². The van der Waals surface area contributed by atoms with Crippen molar-refractivity contribution in [1.82, 2.24) is 0 Å². The van der Waals surface area contributed by atoms with E-state index in [9.17, 15) is 5.11 Å². The van der Waals surface area contributed by atoms with Gasteiger partial charge in [-0.05, 0) is 12.3 Å². The van der Waals surface area contributed by atoms with Crippen LogP contribution in [0.1, 0.15) is 25.7 Å². The second-order valence-corrected chi connectivity index (χ2v) is 3.72. The van der Waals surface area contributed by atoms with Crippen molar-refractivity contribution in [1.29, 1.82) is 0 Å². The highest BCUT2D eigenvalue weighted by molar-refractivity contribution is 5.00. The van der Waals surface area contributed by atoms with Crippen LogP contribution in [0.25, 0.3) is 0 Å². The van der Waals surface area contributed by atoms with Gasteiger partial charge in [-0.2, -0.15) is 0 Å². The van der Waals surface area contributed by atoms with Crippen LogP contribution in [-0.4, -0.2) is 17.3 Å².